The molecule has 0 aromatic heterocycles. The molecule has 1 heteroatoms. The van der Waals surface area contributed by atoms with Crippen LogP contribution in [0, 0.1) is 5.92 Å². The van der Waals surface area contributed by atoms with Gasteiger partial charge in [-0.15, -0.1) is 0 Å². The summed E-state index contributed by atoms with van der Waals surface area (Å²) in [6, 6.07) is 23.9. The molecule has 0 heterocycles. The van der Waals surface area contributed by atoms with Crippen LogP contribution in [0.1, 0.15) is 67.7 Å². The Morgan fingerprint density at radius 2 is 1.59 bits per heavy atom. The van der Waals surface area contributed by atoms with E-state index in [2.05, 4.69) is 87.5 Å². The van der Waals surface area contributed by atoms with Crippen molar-refractivity contribution in [1.82, 2.24) is 0 Å². The number of phenols is 1. The molecule has 0 fully saturated rings. The number of benzene rings is 3. The van der Waals surface area contributed by atoms with Crippen molar-refractivity contribution in [3.05, 3.63) is 89.0 Å². The number of hydrogen-bond acceptors (Lipinski definition) is 1. The molecule has 29 heavy (non-hydrogen) atoms. The molecule has 1 aliphatic rings. The van der Waals surface area contributed by atoms with Crippen LogP contribution in [-0.2, 0) is 12.8 Å². The molecule has 0 bridgehead atoms. The third-order valence-corrected chi connectivity index (χ3v) is 6.96. The number of aryl methyl sites for hydroxylation is 1. The lowest BCUT2D eigenvalue weighted by Gasteiger charge is -2.25. The zero-order valence-corrected chi connectivity index (χ0v) is 17.9. The monoisotopic (exact) mass is 384 g/mol. The van der Waals surface area contributed by atoms with Crippen LogP contribution >= 0.6 is 0 Å². The molecule has 4 rings (SSSR count). The maximum Gasteiger partial charge on any atom is 0.122 e. The lowest BCUT2D eigenvalue weighted by atomic mass is 9.79. The Bertz CT molecular complexity index is 987. The van der Waals surface area contributed by atoms with Crippen LogP contribution in [0.3, 0.4) is 0 Å². The minimum Gasteiger partial charge on any atom is -0.507 e. The highest BCUT2D eigenvalue weighted by atomic mass is 16.3. The van der Waals surface area contributed by atoms with Crippen molar-refractivity contribution in [2.45, 2.75) is 58.3 Å². The Kier molecular flexibility index (Phi) is 5.76. The van der Waals surface area contributed by atoms with Gasteiger partial charge in [-0.25, -0.2) is 0 Å². The molecule has 0 radical (unpaired) electrons. The topological polar surface area (TPSA) is 20.2 Å². The first kappa shape index (κ1) is 19.8. The van der Waals surface area contributed by atoms with Crippen molar-refractivity contribution in [3.63, 3.8) is 0 Å². The number of phenolic OH excluding ortho intramolecular Hbond substituents is 1. The van der Waals surface area contributed by atoms with Gasteiger partial charge >= 0.3 is 0 Å². The fraction of sp³-hybridized carbons (Fsp3) is 0.357. The summed E-state index contributed by atoms with van der Waals surface area (Å²) in [6.07, 6.45) is 4.21. The van der Waals surface area contributed by atoms with E-state index in [0.29, 0.717) is 17.6 Å². The fourth-order valence-electron chi connectivity index (χ4n) is 4.83. The summed E-state index contributed by atoms with van der Waals surface area (Å²) in [4.78, 5) is 0. The molecule has 1 nitrogen and oxygen atoms in total. The second-order valence-corrected chi connectivity index (χ2v) is 8.75. The summed E-state index contributed by atoms with van der Waals surface area (Å²) in [5.41, 5.74) is 7.63. The molecule has 0 spiro atoms. The second-order valence-electron chi connectivity index (χ2n) is 8.75. The number of para-hydroxylation sites is 1. The zero-order chi connectivity index (χ0) is 20.4. The predicted octanol–water partition coefficient (Wildman–Crippen LogP) is 7.48. The van der Waals surface area contributed by atoms with Crippen LogP contribution in [0.5, 0.6) is 5.75 Å². The average Bonchev–Trinajstić information content (AvgIpc) is 2.88. The summed E-state index contributed by atoms with van der Waals surface area (Å²) in [5.74, 6) is 1.82. The number of hydrogen-bond donors (Lipinski definition) is 1. The van der Waals surface area contributed by atoms with Crippen LogP contribution < -0.4 is 0 Å². The van der Waals surface area contributed by atoms with Crippen molar-refractivity contribution >= 4 is 0 Å². The number of fused-ring (bicyclic) bond motifs is 3. The molecule has 0 amide bonds. The molecule has 3 aromatic rings. The fourth-order valence-corrected chi connectivity index (χ4v) is 4.83. The van der Waals surface area contributed by atoms with Gasteiger partial charge in [0, 0.05) is 0 Å². The van der Waals surface area contributed by atoms with Crippen molar-refractivity contribution in [3.8, 4) is 16.9 Å². The van der Waals surface area contributed by atoms with E-state index in [0.717, 1.165) is 30.4 Å². The first-order valence-electron chi connectivity index (χ1n) is 11.1. The Labute approximate surface area is 175 Å². The van der Waals surface area contributed by atoms with Gasteiger partial charge in [0.1, 0.15) is 5.75 Å². The van der Waals surface area contributed by atoms with Crippen LogP contribution in [0.15, 0.2) is 66.7 Å². The summed E-state index contributed by atoms with van der Waals surface area (Å²) in [6.45, 7) is 6.85. The molecule has 1 N–H and O–H groups in total. The van der Waals surface area contributed by atoms with E-state index in [9.17, 15) is 5.11 Å². The highest BCUT2D eigenvalue weighted by Gasteiger charge is 2.30. The van der Waals surface area contributed by atoms with E-state index in [1.807, 2.05) is 0 Å². The summed E-state index contributed by atoms with van der Waals surface area (Å²) < 4.78 is 0. The minimum absolute atomic E-state index is 0.267. The van der Waals surface area contributed by atoms with Crippen molar-refractivity contribution in [2.75, 3.05) is 0 Å². The summed E-state index contributed by atoms with van der Waals surface area (Å²) >= 11 is 0. The van der Waals surface area contributed by atoms with Crippen LogP contribution in [0.4, 0.5) is 0 Å². The first-order valence-corrected chi connectivity index (χ1v) is 11.1. The Morgan fingerprint density at radius 3 is 2.38 bits per heavy atom. The molecule has 3 atom stereocenters. The molecular weight excluding hydrogens is 352 g/mol. The van der Waals surface area contributed by atoms with Gasteiger partial charge < -0.3 is 5.11 Å². The first-order chi connectivity index (χ1) is 14.1. The summed E-state index contributed by atoms with van der Waals surface area (Å²) in [5, 5.41) is 11.2. The molecule has 3 aromatic carbocycles. The number of rotatable bonds is 5. The molecule has 1 aliphatic carbocycles. The van der Waals surface area contributed by atoms with Gasteiger partial charge in [-0.05, 0) is 70.4 Å². The largest absolute Gasteiger partial charge is 0.507 e. The van der Waals surface area contributed by atoms with Gasteiger partial charge in [-0.2, -0.15) is 0 Å². The normalized spacial score (nSPS) is 19.1. The SMILES string of the molecule is CCC(C)CCc1cccc(C2Cc3ccccc3-c3ccccc3C2C)c1O. The van der Waals surface area contributed by atoms with Crippen LogP contribution in [0.2, 0.25) is 0 Å². The van der Waals surface area contributed by atoms with E-state index in [4.69, 9.17) is 0 Å². The van der Waals surface area contributed by atoms with Gasteiger partial charge in [-0.1, -0.05) is 93.9 Å². The van der Waals surface area contributed by atoms with Crippen molar-refractivity contribution in [2.24, 2.45) is 5.92 Å². The third-order valence-electron chi connectivity index (χ3n) is 6.96. The maximum atomic E-state index is 11.2. The van der Waals surface area contributed by atoms with E-state index < -0.39 is 0 Å². The lowest BCUT2D eigenvalue weighted by Crippen LogP contribution is -2.11. The molecular formula is C28H32O. The van der Waals surface area contributed by atoms with Crippen LogP contribution in [-0.4, -0.2) is 5.11 Å². The third kappa shape index (κ3) is 3.83. The summed E-state index contributed by atoms with van der Waals surface area (Å²) in [7, 11) is 0. The second kappa shape index (κ2) is 8.45. The Morgan fingerprint density at radius 1 is 0.897 bits per heavy atom. The van der Waals surface area contributed by atoms with Gasteiger partial charge in [0.25, 0.3) is 0 Å². The van der Waals surface area contributed by atoms with E-state index in [1.54, 1.807) is 0 Å². The molecule has 0 saturated heterocycles. The van der Waals surface area contributed by atoms with Gasteiger partial charge in [-0.3, -0.25) is 0 Å². The number of aromatic hydroxyl groups is 1. The van der Waals surface area contributed by atoms with Crippen LogP contribution in [0.25, 0.3) is 11.1 Å². The maximum absolute atomic E-state index is 11.2. The average molecular weight is 385 g/mol. The highest BCUT2D eigenvalue weighted by Crippen LogP contribution is 2.47. The highest BCUT2D eigenvalue weighted by molar-refractivity contribution is 5.73. The molecule has 0 aliphatic heterocycles. The van der Waals surface area contributed by atoms with E-state index >= 15 is 0 Å². The van der Waals surface area contributed by atoms with Gasteiger partial charge in [0.05, 0.1) is 0 Å². The van der Waals surface area contributed by atoms with E-state index in [-0.39, 0.29) is 5.92 Å². The zero-order valence-electron chi connectivity index (χ0n) is 17.9. The minimum atomic E-state index is 0.267. The lowest BCUT2D eigenvalue weighted by molar-refractivity contribution is 0.439. The Hall–Kier alpha value is -2.54. The van der Waals surface area contributed by atoms with Crippen molar-refractivity contribution in [1.29, 1.82) is 0 Å². The Balaban J connectivity index is 1.76. The smallest absolute Gasteiger partial charge is 0.122 e. The molecule has 3 unspecified atom stereocenters. The molecule has 0 saturated carbocycles. The van der Waals surface area contributed by atoms with Gasteiger partial charge in [0.15, 0.2) is 0 Å². The predicted molar refractivity (Wildman–Crippen MR) is 123 cm³/mol. The van der Waals surface area contributed by atoms with E-state index in [1.165, 1.54) is 28.7 Å². The van der Waals surface area contributed by atoms with Crippen molar-refractivity contribution < 1.29 is 5.11 Å². The van der Waals surface area contributed by atoms with Gasteiger partial charge in [0.2, 0.25) is 0 Å². The standard InChI is InChI=1S/C28H32O/c1-4-19(2)16-17-21-11-9-15-26(28(21)29)27-18-22-10-5-6-13-24(22)25-14-8-7-12-23(25)20(27)3/h5-15,19-20,27,29H,4,16-18H2,1-3H3. The molecule has 150 valence electrons. The quantitative estimate of drug-likeness (QED) is 0.483.